The molecule has 1 unspecified atom stereocenters. The third-order valence-corrected chi connectivity index (χ3v) is 6.23. The van der Waals surface area contributed by atoms with Gasteiger partial charge in [0.2, 0.25) is 11.8 Å². The number of fused-ring (bicyclic) bond motifs is 2. The van der Waals surface area contributed by atoms with Gasteiger partial charge < -0.3 is 5.73 Å². The van der Waals surface area contributed by atoms with Crippen molar-refractivity contribution in [2.75, 3.05) is 12.3 Å². The molecule has 3 heterocycles. The van der Waals surface area contributed by atoms with E-state index in [1.807, 2.05) is 18.2 Å². The van der Waals surface area contributed by atoms with Crippen LogP contribution in [0.1, 0.15) is 50.2 Å². The first kappa shape index (κ1) is 19.4. The van der Waals surface area contributed by atoms with Gasteiger partial charge in [0.1, 0.15) is 6.04 Å². The van der Waals surface area contributed by atoms with Crippen LogP contribution < -0.4 is 11.1 Å². The summed E-state index contributed by atoms with van der Waals surface area (Å²) >= 11 is 0. The zero-order valence-electron chi connectivity index (χ0n) is 16.9. The molecule has 0 bridgehead atoms. The number of anilines is 1. The van der Waals surface area contributed by atoms with E-state index in [9.17, 15) is 19.2 Å². The van der Waals surface area contributed by atoms with E-state index in [0.717, 1.165) is 35.7 Å². The molecule has 8 nitrogen and oxygen atoms in total. The van der Waals surface area contributed by atoms with Crippen molar-refractivity contribution in [1.29, 1.82) is 0 Å². The van der Waals surface area contributed by atoms with Gasteiger partial charge in [-0.2, -0.15) is 0 Å². The fourth-order valence-electron chi connectivity index (χ4n) is 4.65. The van der Waals surface area contributed by atoms with Crippen molar-refractivity contribution in [3.05, 3.63) is 64.2 Å². The Morgan fingerprint density at radius 1 is 0.935 bits per heavy atom. The minimum Gasteiger partial charge on any atom is -0.399 e. The van der Waals surface area contributed by atoms with E-state index in [1.54, 1.807) is 12.1 Å². The molecule has 5 rings (SSSR count). The molecule has 3 N–H and O–H groups in total. The number of amides is 4. The molecule has 3 aliphatic rings. The number of imide groups is 2. The molecule has 2 aromatic carbocycles. The number of nitrogen functional groups attached to an aromatic ring is 1. The highest BCUT2D eigenvalue weighted by molar-refractivity contribution is 6.23. The molecule has 0 aromatic heterocycles. The summed E-state index contributed by atoms with van der Waals surface area (Å²) in [6.07, 6.45) is 1.19. The second kappa shape index (κ2) is 7.31. The fraction of sp³-hybridized carbons (Fsp3) is 0.304. The fourth-order valence-corrected chi connectivity index (χ4v) is 4.65. The summed E-state index contributed by atoms with van der Waals surface area (Å²) in [5.74, 6) is -1.95. The number of hydrogen-bond donors (Lipinski definition) is 2. The lowest BCUT2D eigenvalue weighted by atomic mass is 9.98. The largest absolute Gasteiger partial charge is 0.399 e. The summed E-state index contributed by atoms with van der Waals surface area (Å²) in [6, 6.07) is 10.3. The van der Waals surface area contributed by atoms with E-state index in [4.69, 9.17) is 5.73 Å². The van der Waals surface area contributed by atoms with Crippen LogP contribution in [0.4, 0.5) is 5.69 Å². The Hall–Kier alpha value is -3.52. The van der Waals surface area contributed by atoms with Crippen LogP contribution in [0.5, 0.6) is 0 Å². The van der Waals surface area contributed by atoms with Crippen molar-refractivity contribution in [1.82, 2.24) is 15.1 Å². The summed E-state index contributed by atoms with van der Waals surface area (Å²) in [6.45, 7) is 2.30. The van der Waals surface area contributed by atoms with Gasteiger partial charge >= 0.3 is 0 Å². The van der Waals surface area contributed by atoms with E-state index in [2.05, 4.69) is 16.3 Å². The van der Waals surface area contributed by atoms with E-state index in [0.29, 0.717) is 17.7 Å². The maximum absolute atomic E-state index is 13.0. The molecule has 0 aliphatic carbocycles. The molecule has 3 aliphatic heterocycles. The normalized spacial score (nSPS) is 21.2. The molecule has 8 heteroatoms. The van der Waals surface area contributed by atoms with Gasteiger partial charge in [-0.1, -0.05) is 12.1 Å². The Morgan fingerprint density at radius 2 is 1.74 bits per heavy atom. The highest BCUT2D eigenvalue weighted by Gasteiger charge is 2.44. The van der Waals surface area contributed by atoms with Crippen LogP contribution >= 0.6 is 0 Å². The smallest absolute Gasteiger partial charge is 0.262 e. The number of carbonyl (C=O) groups excluding carboxylic acids is 4. The molecule has 158 valence electrons. The van der Waals surface area contributed by atoms with Gasteiger partial charge in [-0.3, -0.25) is 34.3 Å². The van der Waals surface area contributed by atoms with Gasteiger partial charge in [0.05, 0.1) is 11.1 Å². The molecule has 1 atom stereocenters. The van der Waals surface area contributed by atoms with Crippen LogP contribution in [0.25, 0.3) is 0 Å². The van der Waals surface area contributed by atoms with Crippen molar-refractivity contribution in [3.8, 4) is 0 Å². The van der Waals surface area contributed by atoms with Gasteiger partial charge in [0.15, 0.2) is 0 Å². The molecule has 4 amide bonds. The van der Waals surface area contributed by atoms with Crippen LogP contribution in [-0.4, -0.2) is 46.0 Å². The average Bonchev–Trinajstić information content (AvgIpc) is 2.98. The Kier molecular flexibility index (Phi) is 4.59. The number of nitrogens with two attached hydrogens (primary N) is 1. The van der Waals surface area contributed by atoms with Crippen LogP contribution in [0.15, 0.2) is 36.4 Å². The number of nitrogens with one attached hydrogen (secondary N) is 1. The summed E-state index contributed by atoms with van der Waals surface area (Å²) < 4.78 is 0. The number of carbonyl (C=O) groups is 4. The molecule has 1 fully saturated rings. The van der Waals surface area contributed by atoms with Gasteiger partial charge in [0.25, 0.3) is 11.8 Å². The van der Waals surface area contributed by atoms with Crippen molar-refractivity contribution in [2.24, 2.45) is 0 Å². The zero-order valence-corrected chi connectivity index (χ0v) is 16.9. The lowest BCUT2D eigenvalue weighted by Gasteiger charge is -2.29. The third-order valence-electron chi connectivity index (χ3n) is 6.23. The standard InChI is InChI=1S/C23H22N4O4/c24-16-3-2-14-7-8-26(12-15(14)10-16)11-13-1-4-17-18(9-13)23(31)27(22(17)30)19-5-6-20(28)25-21(19)29/h1-4,9-10,19H,5-8,11-12,24H2,(H,25,28,29). The first-order chi connectivity index (χ1) is 14.9. The van der Waals surface area contributed by atoms with Crippen LogP contribution in [-0.2, 0) is 29.1 Å². The van der Waals surface area contributed by atoms with Crippen LogP contribution in [0.2, 0.25) is 0 Å². The molecule has 0 spiro atoms. The van der Waals surface area contributed by atoms with Crippen molar-refractivity contribution >= 4 is 29.3 Å². The minimum atomic E-state index is -0.947. The number of piperidine rings is 1. The van der Waals surface area contributed by atoms with E-state index >= 15 is 0 Å². The predicted molar refractivity (Wildman–Crippen MR) is 112 cm³/mol. The van der Waals surface area contributed by atoms with Crippen molar-refractivity contribution < 1.29 is 19.2 Å². The summed E-state index contributed by atoms with van der Waals surface area (Å²) in [5, 5.41) is 2.21. The highest BCUT2D eigenvalue weighted by atomic mass is 16.2. The molecule has 2 aromatic rings. The van der Waals surface area contributed by atoms with Gasteiger partial charge in [0, 0.05) is 31.7 Å². The summed E-state index contributed by atoms with van der Waals surface area (Å²) in [5.41, 5.74) is 10.7. The quantitative estimate of drug-likeness (QED) is 0.573. The Bertz CT molecular complexity index is 1140. The molecule has 0 saturated carbocycles. The van der Waals surface area contributed by atoms with Gasteiger partial charge in [-0.15, -0.1) is 0 Å². The number of rotatable bonds is 3. The molecular weight excluding hydrogens is 396 g/mol. The lowest BCUT2D eigenvalue weighted by Crippen LogP contribution is -2.54. The zero-order chi connectivity index (χ0) is 21.7. The van der Waals surface area contributed by atoms with Crippen molar-refractivity contribution in [2.45, 2.75) is 38.4 Å². The second-order valence-electron chi connectivity index (χ2n) is 8.32. The average molecular weight is 418 g/mol. The predicted octanol–water partition coefficient (Wildman–Crippen LogP) is 1.23. The molecule has 0 radical (unpaired) electrons. The minimum absolute atomic E-state index is 0.107. The van der Waals surface area contributed by atoms with Crippen molar-refractivity contribution in [3.63, 3.8) is 0 Å². The molecular formula is C23H22N4O4. The molecule has 1 saturated heterocycles. The van der Waals surface area contributed by atoms with Gasteiger partial charge in [-0.25, -0.2) is 0 Å². The Morgan fingerprint density at radius 3 is 2.55 bits per heavy atom. The lowest BCUT2D eigenvalue weighted by molar-refractivity contribution is -0.136. The van der Waals surface area contributed by atoms with Crippen LogP contribution in [0.3, 0.4) is 0 Å². The number of hydrogen-bond acceptors (Lipinski definition) is 6. The van der Waals surface area contributed by atoms with Crippen LogP contribution in [0, 0.1) is 0 Å². The topological polar surface area (TPSA) is 113 Å². The van der Waals surface area contributed by atoms with E-state index in [1.165, 1.54) is 11.1 Å². The number of nitrogens with zero attached hydrogens (tertiary/aromatic N) is 2. The second-order valence-corrected chi connectivity index (χ2v) is 8.32. The third kappa shape index (κ3) is 3.38. The highest BCUT2D eigenvalue weighted by Crippen LogP contribution is 2.29. The van der Waals surface area contributed by atoms with E-state index < -0.39 is 23.8 Å². The first-order valence-electron chi connectivity index (χ1n) is 10.3. The SMILES string of the molecule is Nc1ccc2c(c1)CN(Cc1ccc3c(c1)C(=O)N(C1CCC(=O)NC1=O)C3=O)CC2. The molecule has 31 heavy (non-hydrogen) atoms. The van der Waals surface area contributed by atoms with E-state index in [-0.39, 0.29) is 18.7 Å². The maximum atomic E-state index is 13.0. The first-order valence-corrected chi connectivity index (χ1v) is 10.3. The van der Waals surface area contributed by atoms with Gasteiger partial charge in [-0.05, 0) is 53.8 Å². The summed E-state index contributed by atoms with van der Waals surface area (Å²) in [4.78, 5) is 52.7. The Labute approximate surface area is 179 Å². The summed E-state index contributed by atoms with van der Waals surface area (Å²) in [7, 11) is 0. The number of benzene rings is 2. The monoisotopic (exact) mass is 418 g/mol. The maximum Gasteiger partial charge on any atom is 0.262 e. The Balaban J connectivity index is 1.35.